The largest absolute Gasteiger partial charge is 0.0888 e. The molecule has 0 nitrogen and oxygen atoms in total. The number of fused-ring (bicyclic) bond motifs is 5. The van der Waals surface area contributed by atoms with Crippen LogP contribution in [-0.2, 0) is 0 Å². The second kappa shape index (κ2) is 10.5. The Morgan fingerprint density at radius 3 is 1.64 bits per heavy atom. The molecule has 0 aromatic heterocycles. The van der Waals surface area contributed by atoms with E-state index in [1.54, 1.807) is 0 Å². The molecular formula is C46H28S. The summed E-state index contributed by atoms with van der Waals surface area (Å²) in [6.45, 7) is 0. The van der Waals surface area contributed by atoms with E-state index in [0.29, 0.717) is 0 Å². The van der Waals surface area contributed by atoms with Crippen molar-refractivity contribution in [3.05, 3.63) is 170 Å². The predicted molar refractivity (Wildman–Crippen MR) is 202 cm³/mol. The molecule has 1 heterocycles. The van der Waals surface area contributed by atoms with Gasteiger partial charge in [0.15, 0.2) is 0 Å². The van der Waals surface area contributed by atoms with Crippen molar-refractivity contribution in [2.75, 3.05) is 0 Å². The highest BCUT2D eigenvalue weighted by molar-refractivity contribution is 7.99. The van der Waals surface area contributed by atoms with Crippen LogP contribution in [0.25, 0.3) is 87.6 Å². The molecule has 1 heteroatoms. The van der Waals surface area contributed by atoms with Crippen LogP contribution in [0.4, 0.5) is 0 Å². The lowest BCUT2D eigenvalue weighted by Gasteiger charge is -2.23. The van der Waals surface area contributed by atoms with Crippen LogP contribution in [0.5, 0.6) is 0 Å². The van der Waals surface area contributed by atoms with Crippen LogP contribution in [0, 0.1) is 0 Å². The first-order valence-corrected chi connectivity index (χ1v) is 17.0. The van der Waals surface area contributed by atoms with Crippen LogP contribution in [0.3, 0.4) is 0 Å². The van der Waals surface area contributed by atoms with Crippen LogP contribution in [0.2, 0.25) is 0 Å². The third-order valence-corrected chi connectivity index (χ3v) is 11.0. The second-order valence-corrected chi connectivity index (χ2v) is 13.5. The van der Waals surface area contributed by atoms with Gasteiger partial charge >= 0.3 is 0 Å². The van der Waals surface area contributed by atoms with E-state index < -0.39 is 0 Å². The van der Waals surface area contributed by atoms with Crippen molar-refractivity contribution < 1.29 is 0 Å². The molecular weight excluding hydrogens is 585 g/mol. The molecule has 0 N–H and O–H groups in total. The Balaban J connectivity index is 1.24. The monoisotopic (exact) mass is 612 g/mol. The van der Waals surface area contributed by atoms with E-state index >= 15 is 0 Å². The van der Waals surface area contributed by atoms with E-state index in [-0.39, 0.29) is 0 Å². The summed E-state index contributed by atoms with van der Waals surface area (Å²) in [6.07, 6.45) is 0. The Kier molecular flexibility index (Phi) is 5.91. The lowest BCUT2D eigenvalue weighted by Crippen LogP contribution is -1.95. The molecule has 0 unspecified atom stereocenters. The van der Waals surface area contributed by atoms with E-state index in [2.05, 4.69) is 170 Å². The minimum Gasteiger partial charge on any atom is -0.0888 e. The normalized spacial score (nSPS) is 12.2. The third-order valence-electron chi connectivity index (χ3n) is 9.83. The van der Waals surface area contributed by atoms with Gasteiger partial charge in [-0.25, -0.2) is 0 Å². The van der Waals surface area contributed by atoms with Gasteiger partial charge in [-0.1, -0.05) is 157 Å². The fraction of sp³-hybridized carbons (Fsp3) is 0. The fourth-order valence-electron chi connectivity index (χ4n) is 7.76. The molecule has 0 spiro atoms. The van der Waals surface area contributed by atoms with Gasteiger partial charge in [-0.05, 0) is 106 Å². The SMILES string of the molecule is c1ccc(-c2c3ccccc3c(-c3ccc4c(c3)-c3cccc5cccc(c35)S4)c3ccccc23)c(-c2ccc3ccccc3c2)c1. The molecule has 0 bridgehead atoms. The Bertz CT molecular complexity index is 2650. The molecule has 9 aromatic rings. The molecule has 10 rings (SSSR count). The van der Waals surface area contributed by atoms with Crippen molar-refractivity contribution in [1.82, 2.24) is 0 Å². The van der Waals surface area contributed by atoms with Gasteiger partial charge < -0.3 is 0 Å². The van der Waals surface area contributed by atoms with Crippen molar-refractivity contribution in [2.24, 2.45) is 0 Å². The lowest BCUT2D eigenvalue weighted by atomic mass is 9.83. The molecule has 47 heavy (non-hydrogen) atoms. The Hall–Kier alpha value is -5.63. The van der Waals surface area contributed by atoms with Crippen LogP contribution >= 0.6 is 11.8 Å². The van der Waals surface area contributed by atoms with E-state index in [1.807, 2.05) is 11.8 Å². The summed E-state index contributed by atoms with van der Waals surface area (Å²) in [4.78, 5) is 2.65. The maximum Gasteiger partial charge on any atom is 0.0207 e. The van der Waals surface area contributed by atoms with Crippen molar-refractivity contribution in [2.45, 2.75) is 9.79 Å². The fourth-order valence-corrected chi connectivity index (χ4v) is 8.89. The molecule has 0 saturated heterocycles. The van der Waals surface area contributed by atoms with Gasteiger partial charge in [0.1, 0.15) is 0 Å². The molecule has 1 aliphatic heterocycles. The summed E-state index contributed by atoms with van der Waals surface area (Å²) in [5, 5.41) is 10.3. The standard InChI is InChI=1S/C46H28S/c1-2-12-31-27-32(24-23-29(31)11-1)34-15-3-4-16-35(34)46-38-19-7-5-17-36(38)44(37-18-6-8-20-39(37)46)33-25-26-42-41(28-33)40-21-9-13-30-14-10-22-43(47-42)45(30)40/h1-28H. The van der Waals surface area contributed by atoms with Crippen LogP contribution in [0.15, 0.2) is 180 Å². The maximum absolute atomic E-state index is 2.43. The average Bonchev–Trinajstić information content (AvgIpc) is 3.14. The highest BCUT2D eigenvalue weighted by Crippen LogP contribution is 2.51. The van der Waals surface area contributed by atoms with Gasteiger partial charge in [0.25, 0.3) is 0 Å². The molecule has 0 atom stereocenters. The van der Waals surface area contributed by atoms with Crippen molar-refractivity contribution >= 4 is 54.9 Å². The molecule has 0 aliphatic carbocycles. The molecule has 0 amide bonds. The Morgan fingerprint density at radius 1 is 0.298 bits per heavy atom. The molecule has 9 aromatic carbocycles. The molecule has 0 saturated carbocycles. The minimum atomic E-state index is 1.23. The zero-order valence-electron chi connectivity index (χ0n) is 25.6. The maximum atomic E-state index is 2.43. The molecule has 0 fully saturated rings. The minimum absolute atomic E-state index is 1.23. The van der Waals surface area contributed by atoms with Crippen LogP contribution in [-0.4, -0.2) is 0 Å². The highest BCUT2D eigenvalue weighted by Gasteiger charge is 2.22. The molecule has 218 valence electrons. The van der Waals surface area contributed by atoms with Gasteiger partial charge in [0, 0.05) is 15.2 Å². The first-order valence-electron chi connectivity index (χ1n) is 16.2. The smallest absolute Gasteiger partial charge is 0.0207 e. The first-order chi connectivity index (χ1) is 23.3. The first kappa shape index (κ1) is 26.6. The van der Waals surface area contributed by atoms with E-state index in [9.17, 15) is 0 Å². The number of rotatable bonds is 3. The Morgan fingerprint density at radius 2 is 0.872 bits per heavy atom. The van der Waals surface area contributed by atoms with Gasteiger partial charge in [0.05, 0.1) is 0 Å². The average molecular weight is 613 g/mol. The summed E-state index contributed by atoms with van der Waals surface area (Å²) in [7, 11) is 0. The van der Waals surface area contributed by atoms with Crippen LogP contribution in [0.1, 0.15) is 0 Å². The zero-order valence-corrected chi connectivity index (χ0v) is 26.4. The number of hydrogen-bond acceptors (Lipinski definition) is 1. The van der Waals surface area contributed by atoms with Gasteiger partial charge in [-0.15, -0.1) is 0 Å². The van der Waals surface area contributed by atoms with Gasteiger partial charge in [-0.2, -0.15) is 0 Å². The number of benzene rings is 9. The number of hydrogen-bond donors (Lipinski definition) is 0. The summed E-state index contributed by atoms with van der Waals surface area (Å²) >= 11 is 1.89. The summed E-state index contributed by atoms with van der Waals surface area (Å²) in [5.74, 6) is 0. The van der Waals surface area contributed by atoms with Crippen molar-refractivity contribution in [3.8, 4) is 44.5 Å². The predicted octanol–water partition coefficient (Wildman–Crippen LogP) is 13.4. The summed E-state index contributed by atoms with van der Waals surface area (Å²) < 4.78 is 0. The van der Waals surface area contributed by atoms with Crippen molar-refractivity contribution in [3.63, 3.8) is 0 Å². The van der Waals surface area contributed by atoms with Crippen LogP contribution < -0.4 is 0 Å². The molecule has 1 aliphatic rings. The van der Waals surface area contributed by atoms with E-state index in [4.69, 9.17) is 0 Å². The van der Waals surface area contributed by atoms with E-state index in [1.165, 1.54) is 97.4 Å². The topological polar surface area (TPSA) is 0 Å². The second-order valence-electron chi connectivity index (χ2n) is 12.4. The summed E-state index contributed by atoms with van der Waals surface area (Å²) in [6, 6.07) is 62.8. The van der Waals surface area contributed by atoms with Gasteiger partial charge in [-0.3, -0.25) is 0 Å². The Labute approximate surface area is 278 Å². The summed E-state index contributed by atoms with van der Waals surface area (Å²) in [5.41, 5.74) is 10.2. The third kappa shape index (κ3) is 4.10. The van der Waals surface area contributed by atoms with E-state index in [0.717, 1.165) is 0 Å². The quantitative estimate of drug-likeness (QED) is 0.179. The molecule has 0 radical (unpaired) electrons. The lowest BCUT2D eigenvalue weighted by molar-refractivity contribution is 1.40. The van der Waals surface area contributed by atoms with Gasteiger partial charge in [0.2, 0.25) is 0 Å². The zero-order chi connectivity index (χ0) is 30.9. The highest BCUT2D eigenvalue weighted by atomic mass is 32.2. The van der Waals surface area contributed by atoms with Crippen molar-refractivity contribution in [1.29, 1.82) is 0 Å².